The molecule has 1 aliphatic heterocycles. The van der Waals surface area contributed by atoms with Gasteiger partial charge in [-0.1, -0.05) is 30.0 Å². The molecule has 0 bridgehead atoms. The lowest BCUT2D eigenvalue weighted by molar-refractivity contribution is -0.139. The number of nitrogens with one attached hydrogen (secondary N) is 1. The van der Waals surface area contributed by atoms with Gasteiger partial charge in [0.1, 0.15) is 11.8 Å². The van der Waals surface area contributed by atoms with Crippen molar-refractivity contribution >= 4 is 23.7 Å². The molecule has 1 atom stereocenters. The van der Waals surface area contributed by atoms with E-state index in [-0.39, 0.29) is 5.97 Å². The number of hydrogen-bond acceptors (Lipinski definition) is 8. The number of ether oxygens (including phenoxy) is 2. The number of fused-ring (bicyclic) bond motifs is 1. The Hall–Kier alpha value is -3.33. The van der Waals surface area contributed by atoms with Crippen LogP contribution in [0.25, 0.3) is 0 Å². The number of benzene rings is 1. The second-order valence-electron chi connectivity index (χ2n) is 6.87. The first-order valence-electron chi connectivity index (χ1n) is 9.87. The van der Waals surface area contributed by atoms with Crippen LogP contribution in [0.4, 0.5) is 5.95 Å². The highest BCUT2D eigenvalue weighted by atomic mass is 32.2. The minimum absolute atomic E-state index is 0.293. The molecule has 4 rings (SSSR count). The molecule has 0 fully saturated rings. The second-order valence-corrected chi connectivity index (χ2v) is 7.81. The standard InChI is InChI=1S/C22H23N5O3S/c1-4-30-20(28)18-14(2)24-21-25-22(31-13-15-6-5-11-23-12-15)26-27(21)19(18)16-7-9-17(29-3)10-8-16/h5-12,19H,4,13H2,1-3H3,(H,24,25,26)/t19-/m1/s1. The van der Waals surface area contributed by atoms with Crippen molar-refractivity contribution in [3.63, 3.8) is 0 Å². The Morgan fingerprint density at radius 3 is 2.74 bits per heavy atom. The van der Waals surface area contributed by atoms with Gasteiger partial charge >= 0.3 is 5.97 Å². The van der Waals surface area contributed by atoms with Gasteiger partial charge in [-0.3, -0.25) is 4.98 Å². The summed E-state index contributed by atoms with van der Waals surface area (Å²) in [6, 6.07) is 11.0. The van der Waals surface area contributed by atoms with E-state index in [0.717, 1.165) is 16.9 Å². The maximum Gasteiger partial charge on any atom is 0.338 e. The molecule has 0 amide bonds. The van der Waals surface area contributed by atoms with Crippen LogP contribution in [-0.2, 0) is 15.3 Å². The van der Waals surface area contributed by atoms with Gasteiger partial charge in [-0.25, -0.2) is 9.48 Å². The summed E-state index contributed by atoms with van der Waals surface area (Å²) in [5.41, 5.74) is 3.18. The number of nitrogens with zero attached hydrogens (tertiary/aromatic N) is 4. The molecule has 0 radical (unpaired) electrons. The monoisotopic (exact) mass is 437 g/mol. The molecule has 2 aromatic heterocycles. The predicted molar refractivity (Wildman–Crippen MR) is 118 cm³/mol. The fraction of sp³-hybridized carbons (Fsp3) is 0.273. The number of carbonyl (C=O) groups is 1. The minimum atomic E-state index is -0.457. The zero-order valence-corrected chi connectivity index (χ0v) is 18.3. The fourth-order valence-electron chi connectivity index (χ4n) is 3.39. The van der Waals surface area contributed by atoms with Crippen molar-refractivity contribution in [2.24, 2.45) is 0 Å². The second kappa shape index (κ2) is 9.22. The summed E-state index contributed by atoms with van der Waals surface area (Å²) in [6.45, 7) is 3.94. The maximum absolute atomic E-state index is 12.8. The van der Waals surface area contributed by atoms with Crippen molar-refractivity contribution < 1.29 is 14.3 Å². The number of aromatic nitrogens is 4. The third kappa shape index (κ3) is 4.41. The van der Waals surface area contributed by atoms with Gasteiger partial charge in [0, 0.05) is 23.8 Å². The molecule has 1 N–H and O–H groups in total. The summed E-state index contributed by atoms with van der Waals surface area (Å²) in [4.78, 5) is 21.6. The van der Waals surface area contributed by atoms with Gasteiger partial charge < -0.3 is 14.8 Å². The van der Waals surface area contributed by atoms with Crippen LogP contribution in [0.5, 0.6) is 5.75 Å². The van der Waals surface area contributed by atoms with E-state index in [9.17, 15) is 4.79 Å². The van der Waals surface area contributed by atoms with Crippen LogP contribution in [0.2, 0.25) is 0 Å². The Balaban J connectivity index is 1.70. The third-order valence-electron chi connectivity index (χ3n) is 4.85. The third-order valence-corrected chi connectivity index (χ3v) is 5.76. The lowest BCUT2D eigenvalue weighted by Crippen LogP contribution is -2.29. The quantitative estimate of drug-likeness (QED) is 0.441. The first-order valence-corrected chi connectivity index (χ1v) is 10.9. The largest absolute Gasteiger partial charge is 0.497 e. The van der Waals surface area contributed by atoms with Crippen molar-refractivity contribution in [1.82, 2.24) is 19.7 Å². The predicted octanol–water partition coefficient (Wildman–Crippen LogP) is 3.83. The van der Waals surface area contributed by atoms with E-state index in [1.165, 1.54) is 11.8 Å². The Labute approximate surface area is 184 Å². The van der Waals surface area contributed by atoms with Gasteiger partial charge in [0.25, 0.3) is 0 Å². The molecule has 0 aliphatic carbocycles. The number of anilines is 1. The van der Waals surface area contributed by atoms with Crippen molar-refractivity contribution in [2.45, 2.75) is 30.8 Å². The number of thioether (sulfide) groups is 1. The highest BCUT2D eigenvalue weighted by Crippen LogP contribution is 2.37. The van der Waals surface area contributed by atoms with Crippen LogP contribution in [0, 0.1) is 0 Å². The van der Waals surface area contributed by atoms with Crippen LogP contribution in [0.15, 0.2) is 65.2 Å². The molecule has 0 unspecified atom stereocenters. The number of carbonyl (C=O) groups excluding carboxylic acids is 1. The van der Waals surface area contributed by atoms with E-state index in [0.29, 0.717) is 34.7 Å². The first kappa shape index (κ1) is 20.9. The summed E-state index contributed by atoms with van der Waals surface area (Å²) in [5, 5.41) is 8.53. The molecule has 31 heavy (non-hydrogen) atoms. The van der Waals surface area contributed by atoms with Crippen LogP contribution in [-0.4, -0.2) is 39.4 Å². The summed E-state index contributed by atoms with van der Waals surface area (Å²) in [6.07, 6.45) is 3.57. The van der Waals surface area contributed by atoms with Crippen molar-refractivity contribution in [2.75, 3.05) is 19.0 Å². The average molecular weight is 438 g/mol. The zero-order chi connectivity index (χ0) is 21.8. The molecule has 160 valence electrons. The first-order chi connectivity index (χ1) is 15.1. The number of methoxy groups -OCH3 is 1. The number of pyridine rings is 1. The Morgan fingerprint density at radius 1 is 1.26 bits per heavy atom. The van der Waals surface area contributed by atoms with Gasteiger partial charge in [-0.05, 0) is 43.2 Å². The Morgan fingerprint density at radius 2 is 2.06 bits per heavy atom. The van der Waals surface area contributed by atoms with E-state index in [2.05, 4.69) is 15.3 Å². The normalized spacial score (nSPS) is 15.3. The van der Waals surface area contributed by atoms with Gasteiger partial charge in [-0.2, -0.15) is 4.98 Å². The summed E-state index contributed by atoms with van der Waals surface area (Å²) in [7, 11) is 1.62. The number of allylic oxidation sites excluding steroid dienone is 1. The Kier molecular flexibility index (Phi) is 6.22. The van der Waals surface area contributed by atoms with Crippen LogP contribution in [0.1, 0.15) is 31.0 Å². The highest BCUT2D eigenvalue weighted by molar-refractivity contribution is 7.98. The molecule has 8 nitrogen and oxygen atoms in total. The average Bonchev–Trinajstić information content (AvgIpc) is 3.20. The molecular formula is C22H23N5O3S. The molecule has 1 aromatic carbocycles. The maximum atomic E-state index is 12.8. The summed E-state index contributed by atoms with van der Waals surface area (Å²) < 4.78 is 12.4. The Bertz CT molecular complexity index is 1100. The van der Waals surface area contributed by atoms with Gasteiger partial charge in [0.05, 0.1) is 19.3 Å². The molecule has 1 aliphatic rings. The summed E-state index contributed by atoms with van der Waals surface area (Å²) in [5.74, 6) is 1.64. The van der Waals surface area contributed by atoms with Crippen LogP contribution in [0.3, 0.4) is 0 Å². The van der Waals surface area contributed by atoms with Crippen molar-refractivity contribution in [1.29, 1.82) is 0 Å². The topological polar surface area (TPSA) is 91.2 Å². The molecule has 3 heterocycles. The van der Waals surface area contributed by atoms with E-state index < -0.39 is 6.04 Å². The van der Waals surface area contributed by atoms with E-state index in [1.54, 1.807) is 24.9 Å². The molecule has 0 spiro atoms. The van der Waals surface area contributed by atoms with Crippen molar-refractivity contribution in [3.8, 4) is 5.75 Å². The van der Waals surface area contributed by atoms with Crippen molar-refractivity contribution in [3.05, 3.63) is 71.2 Å². The van der Waals surface area contributed by atoms with Crippen LogP contribution >= 0.6 is 11.8 Å². The van der Waals surface area contributed by atoms with Gasteiger partial charge in [0.15, 0.2) is 0 Å². The van der Waals surface area contributed by atoms with E-state index in [1.807, 2.05) is 49.5 Å². The lowest BCUT2D eigenvalue weighted by atomic mass is 9.96. The highest BCUT2D eigenvalue weighted by Gasteiger charge is 2.35. The molecule has 0 saturated carbocycles. The molecular weight excluding hydrogens is 414 g/mol. The van der Waals surface area contributed by atoms with Crippen LogP contribution < -0.4 is 10.1 Å². The summed E-state index contributed by atoms with van der Waals surface area (Å²) >= 11 is 1.51. The minimum Gasteiger partial charge on any atom is -0.497 e. The van der Waals surface area contributed by atoms with E-state index in [4.69, 9.17) is 14.6 Å². The van der Waals surface area contributed by atoms with Gasteiger partial charge in [-0.15, -0.1) is 5.10 Å². The molecule has 0 saturated heterocycles. The smallest absolute Gasteiger partial charge is 0.338 e. The lowest BCUT2D eigenvalue weighted by Gasteiger charge is -2.28. The fourth-order valence-corrected chi connectivity index (χ4v) is 4.15. The molecule has 3 aromatic rings. The SMILES string of the molecule is CCOC(=O)C1=C(C)Nc2nc(SCc3cccnc3)nn2[C@@H]1c1ccc(OC)cc1. The number of esters is 1. The number of hydrogen-bond donors (Lipinski definition) is 1. The zero-order valence-electron chi connectivity index (χ0n) is 17.5. The number of rotatable bonds is 7. The van der Waals surface area contributed by atoms with E-state index >= 15 is 0 Å². The van der Waals surface area contributed by atoms with Gasteiger partial charge in [0.2, 0.25) is 11.1 Å². The molecule has 9 heteroatoms.